The van der Waals surface area contributed by atoms with Crippen LogP contribution in [0.5, 0.6) is 0 Å². The van der Waals surface area contributed by atoms with E-state index in [-0.39, 0.29) is 17.9 Å². The van der Waals surface area contributed by atoms with Crippen LogP contribution in [0.25, 0.3) is 0 Å². The van der Waals surface area contributed by atoms with Crippen molar-refractivity contribution >= 4 is 11.8 Å². The monoisotopic (exact) mass is 390 g/mol. The zero-order chi connectivity index (χ0) is 20.4. The Balaban J connectivity index is 1.63. The molecule has 152 valence electrons. The van der Waals surface area contributed by atoms with E-state index < -0.39 is 5.54 Å². The molecule has 0 spiro atoms. The number of carbonyl (C=O) groups excluding carboxylic acids is 2. The van der Waals surface area contributed by atoms with Crippen LogP contribution in [0.4, 0.5) is 0 Å². The molecule has 4 nitrogen and oxygen atoms in total. The van der Waals surface area contributed by atoms with Crippen molar-refractivity contribution in [1.29, 1.82) is 0 Å². The van der Waals surface area contributed by atoms with Crippen LogP contribution in [0.1, 0.15) is 61.0 Å². The smallest absolute Gasteiger partial charge is 0.255 e. The number of hydrogen-bond donors (Lipinski definition) is 1. The first-order valence-electron chi connectivity index (χ1n) is 10.7. The molecule has 0 aromatic heterocycles. The molecule has 2 aliphatic rings. The molecule has 0 unspecified atom stereocenters. The van der Waals surface area contributed by atoms with E-state index in [9.17, 15) is 9.59 Å². The van der Waals surface area contributed by atoms with Gasteiger partial charge in [0.2, 0.25) is 5.91 Å². The molecule has 0 saturated heterocycles. The molecule has 1 fully saturated rings. The van der Waals surface area contributed by atoms with Gasteiger partial charge in [-0.3, -0.25) is 9.59 Å². The van der Waals surface area contributed by atoms with Crippen LogP contribution < -0.4 is 5.32 Å². The van der Waals surface area contributed by atoms with E-state index in [4.69, 9.17) is 0 Å². The Morgan fingerprint density at radius 3 is 2.41 bits per heavy atom. The summed E-state index contributed by atoms with van der Waals surface area (Å²) in [6.07, 6.45) is 4.88. The fourth-order valence-electron chi connectivity index (χ4n) is 4.68. The number of rotatable bonds is 4. The number of hydrogen-bond acceptors (Lipinski definition) is 2. The van der Waals surface area contributed by atoms with Crippen molar-refractivity contribution in [2.24, 2.45) is 5.92 Å². The Bertz CT molecular complexity index is 887. The second kappa shape index (κ2) is 8.02. The van der Waals surface area contributed by atoms with Crippen molar-refractivity contribution in [2.45, 2.75) is 64.1 Å². The van der Waals surface area contributed by atoms with Gasteiger partial charge in [0.05, 0.1) is 0 Å². The highest BCUT2D eigenvalue weighted by atomic mass is 16.2. The summed E-state index contributed by atoms with van der Waals surface area (Å²) in [5, 5.41) is 3.28. The average molecular weight is 391 g/mol. The summed E-state index contributed by atoms with van der Waals surface area (Å²) < 4.78 is 0. The van der Waals surface area contributed by atoms with Crippen molar-refractivity contribution in [2.75, 3.05) is 0 Å². The van der Waals surface area contributed by atoms with Crippen LogP contribution in [-0.2, 0) is 17.8 Å². The van der Waals surface area contributed by atoms with Gasteiger partial charge in [0.1, 0.15) is 5.54 Å². The van der Waals surface area contributed by atoms with Crippen molar-refractivity contribution in [3.63, 3.8) is 0 Å². The first-order valence-corrected chi connectivity index (χ1v) is 10.7. The van der Waals surface area contributed by atoms with Crippen molar-refractivity contribution in [3.05, 3.63) is 71.3 Å². The highest BCUT2D eigenvalue weighted by Gasteiger charge is 2.47. The standard InChI is InChI=1S/C25H30N2O2/c1-18-12-14-21(15-13-18)26-24(29)25(2)16-20-10-6-7-11-22(20)23(28)27(25)17-19-8-4-3-5-9-19/h3-11,18,21H,12-17H2,1-2H3,(H,26,29)/t18?,21?,25-/m1/s1. The number of nitrogens with zero attached hydrogens (tertiary/aromatic N) is 1. The second-order valence-corrected chi connectivity index (χ2v) is 8.91. The van der Waals surface area contributed by atoms with E-state index in [1.807, 2.05) is 61.5 Å². The molecule has 0 radical (unpaired) electrons. The first kappa shape index (κ1) is 19.7. The Labute approximate surface area is 173 Å². The maximum atomic E-state index is 13.5. The highest BCUT2D eigenvalue weighted by Crippen LogP contribution is 2.33. The fourth-order valence-corrected chi connectivity index (χ4v) is 4.68. The molecule has 29 heavy (non-hydrogen) atoms. The summed E-state index contributed by atoms with van der Waals surface area (Å²) >= 11 is 0. The van der Waals surface area contributed by atoms with Crippen molar-refractivity contribution in [3.8, 4) is 0 Å². The summed E-state index contributed by atoms with van der Waals surface area (Å²) in [6.45, 7) is 4.63. The lowest BCUT2D eigenvalue weighted by molar-refractivity contribution is -0.133. The Morgan fingerprint density at radius 1 is 1.03 bits per heavy atom. The van der Waals surface area contributed by atoms with E-state index in [0.717, 1.165) is 42.7 Å². The number of carbonyl (C=O) groups is 2. The van der Waals surface area contributed by atoms with Gasteiger partial charge in [-0.2, -0.15) is 0 Å². The number of benzene rings is 2. The van der Waals surface area contributed by atoms with Gasteiger partial charge in [-0.25, -0.2) is 0 Å². The van der Waals surface area contributed by atoms with Crippen LogP contribution in [-0.4, -0.2) is 28.3 Å². The van der Waals surface area contributed by atoms with Crippen LogP contribution >= 0.6 is 0 Å². The topological polar surface area (TPSA) is 49.4 Å². The quantitative estimate of drug-likeness (QED) is 0.844. The number of amides is 2. The van der Waals surface area contributed by atoms with Crippen molar-refractivity contribution in [1.82, 2.24) is 10.2 Å². The molecular formula is C25H30N2O2. The fraction of sp³-hybridized carbons (Fsp3) is 0.440. The molecule has 2 aromatic rings. The first-order chi connectivity index (χ1) is 14.0. The third kappa shape index (κ3) is 3.93. The van der Waals surface area contributed by atoms with E-state index >= 15 is 0 Å². The van der Waals surface area contributed by atoms with Gasteiger partial charge in [-0.15, -0.1) is 0 Å². The Kier molecular flexibility index (Phi) is 5.44. The molecule has 2 aromatic carbocycles. The Morgan fingerprint density at radius 2 is 1.69 bits per heavy atom. The lowest BCUT2D eigenvalue weighted by atomic mass is 9.81. The number of fused-ring (bicyclic) bond motifs is 1. The van der Waals surface area contributed by atoms with Gasteiger partial charge in [-0.05, 0) is 55.7 Å². The van der Waals surface area contributed by atoms with Crippen LogP contribution in [0.15, 0.2) is 54.6 Å². The molecule has 0 bridgehead atoms. The van der Waals surface area contributed by atoms with E-state index in [1.54, 1.807) is 4.90 Å². The largest absolute Gasteiger partial charge is 0.351 e. The van der Waals surface area contributed by atoms with Gasteiger partial charge in [-0.1, -0.05) is 55.5 Å². The summed E-state index contributed by atoms with van der Waals surface area (Å²) in [5.74, 6) is 0.637. The zero-order valence-corrected chi connectivity index (χ0v) is 17.4. The maximum absolute atomic E-state index is 13.5. The molecule has 1 aliphatic heterocycles. The van der Waals surface area contributed by atoms with Crippen LogP contribution in [0.2, 0.25) is 0 Å². The van der Waals surface area contributed by atoms with Gasteiger partial charge >= 0.3 is 0 Å². The van der Waals surface area contributed by atoms with Crippen LogP contribution in [0, 0.1) is 5.92 Å². The third-order valence-corrected chi connectivity index (χ3v) is 6.65. The molecular weight excluding hydrogens is 360 g/mol. The number of nitrogens with one attached hydrogen (secondary N) is 1. The summed E-state index contributed by atoms with van der Waals surface area (Å²) in [4.78, 5) is 28.7. The third-order valence-electron chi connectivity index (χ3n) is 6.65. The van der Waals surface area contributed by atoms with E-state index in [0.29, 0.717) is 18.5 Å². The molecule has 2 amide bonds. The summed E-state index contributed by atoms with van der Waals surface area (Å²) in [5.41, 5.74) is 1.80. The molecule has 1 N–H and O–H groups in total. The molecule has 1 saturated carbocycles. The molecule has 4 rings (SSSR count). The second-order valence-electron chi connectivity index (χ2n) is 8.91. The van der Waals surface area contributed by atoms with Gasteiger partial charge in [0.15, 0.2) is 0 Å². The van der Waals surface area contributed by atoms with Crippen molar-refractivity contribution < 1.29 is 9.59 Å². The molecule has 4 heteroatoms. The average Bonchev–Trinajstić information content (AvgIpc) is 2.73. The SMILES string of the molecule is CC1CCC(NC(=O)[C@@]2(C)Cc3ccccc3C(=O)N2Cc2ccccc2)CC1. The van der Waals surface area contributed by atoms with E-state index in [2.05, 4.69) is 12.2 Å². The lowest BCUT2D eigenvalue weighted by Gasteiger charge is -2.45. The van der Waals surface area contributed by atoms with Gasteiger partial charge in [0.25, 0.3) is 5.91 Å². The maximum Gasteiger partial charge on any atom is 0.255 e. The minimum Gasteiger partial charge on any atom is -0.351 e. The minimum absolute atomic E-state index is 0.0316. The van der Waals surface area contributed by atoms with E-state index in [1.165, 1.54) is 0 Å². The summed E-state index contributed by atoms with van der Waals surface area (Å²) in [7, 11) is 0. The zero-order valence-electron chi connectivity index (χ0n) is 17.4. The normalized spacial score (nSPS) is 26.7. The Hall–Kier alpha value is -2.62. The molecule has 1 atom stereocenters. The predicted octanol–water partition coefficient (Wildman–Crippen LogP) is 4.34. The molecule has 1 heterocycles. The van der Waals surface area contributed by atoms with Gasteiger partial charge < -0.3 is 10.2 Å². The summed E-state index contributed by atoms with van der Waals surface area (Å²) in [6, 6.07) is 17.8. The van der Waals surface area contributed by atoms with Gasteiger partial charge in [0, 0.05) is 24.6 Å². The predicted molar refractivity (Wildman–Crippen MR) is 114 cm³/mol. The van der Waals surface area contributed by atoms with Crippen LogP contribution in [0.3, 0.4) is 0 Å². The highest BCUT2D eigenvalue weighted by molar-refractivity contribution is 6.02. The lowest BCUT2D eigenvalue weighted by Crippen LogP contribution is -2.63. The minimum atomic E-state index is -0.898. The molecule has 1 aliphatic carbocycles.